The fourth-order valence-corrected chi connectivity index (χ4v) is 8.14. The number of nitrogens with one attached hydrogen (secondary N) is 2. The number of rotatable bonds is 12. The minimum absolute atomic E-state index is 0.198. The topological polar surface area (TPSA) is 360 Å². The summed E-state index contributed by atoms with van der Waals surface area (Å²) in [6.45, 7) is 16.6. The number of hydrogen-bond donors (Lipinski definition) is 2. The lowest BCUT2D eigenvalue weighted by Crippen LogP contribution is -2.14. The number of carbonyl (C=O) groups excluding carboxylic acids is 4. The molecule has 0 saturated heterocycles. The number of pyridine rings is 5. The first kappa shape index (κ1) is 66.9. The van der Waals surface area contributed by atoms with Crippen LogP contribution in [0.1, 0.15) is 108 Å². The van der Waals surface area contributed by atoms with E-state index in [9.17, 15) is 23.7 Å². The molecule has 83 heavy (non-hydrogen) atoms. The van der Waals surface area contributed by atoms with Gasteiger partial charge in [-0.2, -0.15) is 4.79 Å². The molecule has 0 fully saturated rings. The Labute approximate surface area is 501 Å². The van der Waals surface area contributed by atoms with Crippen LogP contribution in [0.3, 0.4) is 0 Å². The van der Waals surface area contributed by atoms with Gasteiger partial charge in [-0.1, -0.05) is 68.1 Å². The molecule has 2 N–H and O–H groups in total. The van der Waals surface area contributed by atoms with E-state index in [0.29, 0.717) is 62.7 Å². The van der Waals surface area contributed by atoms with E-state index in [4.69, 9.17) is 26.5 Å². The molecule has 8 heterocycles. The lowest BCUT2D eigenvalue weighted by atomic mass is 9.93. The minimum Gasteiger partial charge on any atom is -0.360 e. The van der Waals surface area contributed by atoms with Crippen LogP contribution in [0.5, 0.6) is 0 Å². The van der Waals surface area contributed by atoms with E-state index in [2.05, 4.69) is 134 Å². The monoisotopic (exact) mass is 1340 g/mol. The maximum Gasteiger partial charge on any atom is 0.446 e. The predicted octanol–water partition coefficient (Wildman–Crippen LogP) is 12.4. The highest BCUT2D eigenvalue weighted by Crippen LogP contribution is 2.47. The van der Waals surface area contributed by atoms with Gasteiger partial charge in [-0.05, 0) is 97.5 Å². The lowest BCUT2D eigenvalue weighted by molar-refractivity contribution is -0.114. The van der Waals surface area contributed by atoms with Gasteiger partial charge in [0.1, 0.15) is 17.2 Å². The molecule has 2 amide bonds. The Kier molecular flexibility index (Phi) is 25.0. The Bertz CT molecular complexity index is 3790. The number of amides is 2. The number of azide groups is 1. The van der Waals surface area contributed by atoms with Crippen LogP contribution in [0.4, 0.5) is 17.3 Å². The number of carbonyl (C=O) groups is 4. The van der Waals surface area contributed by atoms with Gasteiger partial charge < -0.3 is 34.3 Å². The molecule has 8 aromatic heterocycles. The molecule has 0 atom stereocenters. The molecule has 26 nitrogen and oxygen atoms in total. The van der Waals surface area contributed by atoms with Crippen LogP contribution < -0.4 is 10.6 Å². The van der Waals surface area contributed by atoms with E-state index in [1.165, 1.54) is 24.7 Å². The highest BCUT2D eigenvalue weighted by Gasteiger charge is 2.41. The Morgan fingerprint density at radius 2 is 1.27 bits per heavy atom. The molecule has 30 heteroatoms. The van der Waals surface area contributed by atoms with Gasteiger partial charge in [0.15, 0.2) is 17.9 Å². The van der Waals surface area contributed by atoms with Crippen molar-refractivity contribution in [3.05, 3.63) is 173 Å². The highest BCUT2D eigenvalue weighted by molar-refractivity contribution is 9.11. The van der Waals surface area contributed by atoms with E-state index in [-0.39, 0.29) is 22.3 Å². The number of ketones is 1. The number of nitrogens with zero attached hydrogens (tertiary/aromatic N) is 15. The average molecular weight is 1340 g/mol. The molecule has 0 saturated carbocycles. The fourth-order valence-electron chi connectivity index (χ4n) is 6.04. The molecule has 430 valence electrons. The molecule has 8 aromatic rings. The second-order valence-electron chi connectivity index (χ2n) is 18.8. The fraction of sp³-hybridized carbons (Fsp3) is 0.245. The molecule has 0 aliphatic carbocycles. The summed E-state index contributed by atoms with van der Waals surface area (Å²) in [5, 5.41) is 25.0. The van der Waals surface area contributed by atoms with E-state index < -0.39 is 24.7 Å². The highest BCUT2D eigenvalue weighted by atomic mass is 79.9. The third kappa shape index (κ3) is 20.4. The number of hydrogen-bond acceptors (Lipinski definition) is 19. The molecule has 0 aliphatic rings. The second-order valence-corrected chi connectivity index (χ2v) is 23.7. The third-order valence-corrected chi connectivity index (χ3v) is 13.6. The van der Waals surface area contributed by atoms with Crippen molar-refractivity contribution >= 4 is 102 Å². The molecular formula is C53H53Br3N17O9P. The maximum absolute atomic E-state index is 12.7. The first-order valence-electron chi connectivity index (χ1n) is 23.9. The van der Waals surface area contributed by atoms with Crippen LogP contribution in [-0.4, -0.2) is 98.6 Å². The van der Waals surface area contributed by atoms with Crippen molar-refractivity contribution in [1.29, 1.82) is 0 Å². The first-order chi connectivity index (χ1) is 39.2. The largest absolute Gasteiger partial charge is 0.446 e. The first-order valence-corrected chi connectivity index (χ1v) is 27.8. The Morgan fingerprint density at radius 3 is 1.69 bits per heavy atom. The van der Waals surface area contributed by atoms with Crippen LogP contribution in [-0.2, 0) is 29.2 Å². The summed E-state index contributed by atoms with van der Waals surface area (Å²) in [6.07, 6.45) is 20.4. The van der Waals surface area contributed by atoms with Crippen molar-refractivity contribution in [1.82, 2.24) is 50.2 Å². The molecule has 0 radical (unpaired) electrons. The van der Waals surface area contributed by atoms with Gasteiger partial charge in [-0.3, -0.25) is 44.1 Å². The minimum atomic E-state index is -3.70. The number of aromatic nitrogens is 10. The van der Waals surface area contributed by atoms with Crippen LogP contribution in [0.25, 0.3) is 32.9 Å². The van der Waals surface area contributed by atoms with Gasteiger partial charge in [0, 0.05) is 134 Å². The maximum atomic E-state index is 12.7. The Hall–Kier alpha value is -8.57. The molecule has 0 aromatic carbocycles. The summed E-state index contributed by atoms with van der Waals surface area (Å²) >= 11 is 9.83. The SMILES string of the molecule is C#Cc1cncc(Br)c1.COP(=O)(OC)C(=[N+]=[N-])C(C)=O.Cc1ncc(C(=O)Nc2cc(C(C)(C)C)on2)cc1-n1cc(-c2cncc(Br)c2)nn1.Cc1ncc(C(=O)Nc2cc(C(C)(C)C)on2)cc1N=[N+]=[N-].O=Cc1cncc(Br)c1. The molecule has 0 bridgehead atoms. The van der Waals surface area contributed by atoms with E-state index >= 15 is 0 Å². The van der Waals surface area contributed by atoms with Crippen molar-refractivity contribution in [3.63, 3.8) is 0 Å². The Morgan fingerprint density at radius 1 is 0.747 bits per heavy atom. The van der Waals surface area contributed by atoms with Gasteiger partial charge in [0.25, 0.3) is 11.8 Å². The lowest BCUT2D eigenvalue weighted by Gasteiger charge is -2.12. The molecule has 0 spiro atoms. The van der Waals surface area contributed by atoms with Gasteiger partial charge in [0.2, 0.25) is 5.78 Å². The quantitative estimate of drug-likeness (QED) is 0.0218. The second kappa shape index (κ2) is 31.0. The van der Waals surface area contributed by atoms with Gasteiger partial charge in [0.05, 0.1) is 34.4 Å². The summed E-state index contributed by atoms with van der Waals surface area (Å²) in [5.74, 6) is 3.08. The summed E-state index contributed by atoms with van der Waals surface area (Å²) in [5.41, 5.74) is 21.5. The summed E-state index contributed by atoms with van der Waals surface area (Å²) in [6, 6.07) is 12.0. The molecule has 8 rings (SSSR count). The number of Topliss-reactive ketones (excluding diaryl/α,β-unsaturated/α-hetero) is 1. The van der Waals surface area contributed by atoms with Gasteiger partial charge in [-0.15, -0.1) is 11.5 Å². The zero-order valence-corrected chi connectivity index (χ0v) is 52.0. The van der Waals surface area contributed by atoms with Gasteiger partial charge in [-0.25, -0.2) is 9.25 Å². The Balaban J connectivity index is 0.000000246. The number of anilines is 2. The van der Waals surface area contributed by atoms with Crippen LogP contribution in [0.2, 0.25) is 0 Å². The molecule has 0 unspecified atom stereocenters. The molecular weight excluding hydrogens is 1290 g/mol. The normalized spacial score (nSPS) is 10.6. The van der Waals surface area contributed by atoms with Crippen LogP contribution in [0, 0.1) is 26.2 Å². The van der Waals surface area contributed by atoms with Crippen LogP contribution >= 0.6 is 55.4 Å². The smallest absolute Gasteiger partial charge is 0.360 e. The van der Waals surface area contributed by atoms with Crippen molar-refractivity contribution in [3.8, 4) is 29.3 Å². The number of halogens is 3. The summed E-state index contributed by atoms with van der Waals surface area (Å²) in [4.78, 5) is 71.2. The van der Waals surface area contributed by atoms with E-state index in [0.717, 1.165) is 52.0 Å². The predicted molar refractivity (Wildman–Crippen MR) is 317 cm³/mol. The number of aryl methyl sites for hydroxylation is 2. The standard InChI is InChI=1S/C21H20BrN7O2.C14H16N6O2.C7H4BrN.C6H4BrNO.C5H9N2O4P/c1-12-17(29-11-16(26-28-29)13-5-15(22)10-23-8-13)6-14(9-24-12)20(30)25-19-7-18(31-27-19)21(2,3)4;1-8-10(18-20-15)5-9(7-16-8)13(21)17-12-6-11(22-19-12)14(2,3)4;1-2-6-3-7(8)5-9-4-6;7-6-1-5(4-9)2-8-3-6;1-4(8)5(7-6)12(9,10-2)11-3/h5-11H,1-4H3,(H,25,27,30);5-7H,1-4H3,(H,17,19,21);1,3-5H;1-4H;1-3H3. The van der Waals surface area contributed by atoms with E-state index in [1.54, 1.807) is 73.1 Å². The van der Waals surface area contributed by atoms with Crippen molar-refractivity contribution in [2.24, 2.45) is 5.11 Å². The summed E-state index contributed by atoms with van der Waals surface area (Å²) < 4.78 is 34.9. The zero-order valence-electron chi connectivity index (χ0n) is 46.4. The number of aldehydes is 1. The zero-order chi connectivity index (χ0) is 61.7. The summed E-state index contributed by atoms with van der Waals surface area (Å²) in [7, 11) is -1.51. The average Bonchev–Trinajstić information content (AvgIpc) is 4.38. The number of terminal acetylenes is 1. The van der Waals surface area contributed by atoms with Crippen molar-refractivity contribution in [2.45, 2.75) is 73.1 Å². The van der Waals surface area contributed by atoms with Crippen molar-refractivity contribution in [2.75, 3.05) is 24.9 Å². The van der Waals surface area contributed by atoms with Crippen molar-refractivity contribution < 1.29 is 46.6 Å². The van der Waals surface area contributed by atoms with Crippen LogP contribution in [0.15, 0.2) is 126 Å². The van der Waals surface area contributed by atoms with E-state index in [1.807, 2.05) is 60.6 Å². The third-order valence-electron chi connectivity index (χ3n) is 10.4. The molecule has 0 aliphatic heterocycles. The van der Waals surface area contributed by atoms with Gasteiger partial charge >= 0.3 is 13.0 Å².